The van der Waals surface area contributed by atoms with Crippen LogP contribution >= 0.6 is 23.2 Å². The van der Waals surface area contributed by atoms with E-state index in [2.05, 4.69) is 30.8 Å². The predicted molar refractivity (Wildman–Crippen MR) is 134 cm³/mol. The number of tetrazole rings is 1. The van der Waals surface area contributed by atoms with Gasteiger partial charge in [0.05, 0.1) is 0 Å². The first kappa shape index (κ1) is 23.8. The minimum atomic E-state index is -0.329. The van der Waals surface area contributed by atoms with E-state index >= 15 is 0 Å². The summed E-state index contributed by atoms with van der Waals surface area (Å²) in [6.07, 6.45) is 7.33. The van der Waals surface area contributed by atoms with Gasteiger partial charge in [0.25, 0.3) is 5.91 Å². The van der Waals surface area contributed by atoms with Gasteiger partial charge in [-0.25, -0.2) is 5.10 Å². The summed E-state index contributed by atoms with van der Waals surface area (Å²) in [5, 5.41) is 16.7. The molecule has 1 saturated heterocycles. The predicted octanol–water partition coefficient (Wildman–Crippen LogP) is 5.15. The highest BCUT2D eigenvalue weighted by Gasteiger charge is 2.36. The van der Waals surface area contributed by atoms with Crippen molar-refractivity contribution in [3.8, 4) is 11.1 Å². The number of amides is 2. The molecule has 0 radical (unpaired) electrons. The van der Waals surface area contributed by atoms with Gasteiger partial charge in [0.2, 0.25) is 11.9 Å². The number of hydrogen-bond acceptors (Lipinski definition) is 5. The number of nitrogens with one attached hydrogen (secondary N) is 2. The fourth-order valence-corrected chi connectivity index (χ4v) is 5.77. The average Bonchev–Trinajstić information content (AvgIpc) is 3.51. The fourth-order valence-electron chi connectivity index (χ4n) is 5.12. The molecule has 1 atom stereocenters. The molecule has 8 nitrogen and oxygen atoms in total. The number of anilines is 1. The zero-order chi connectivity index (χ0) is 24.4. The Morgan fingerprint density at radius 3 is 2.40 bits per heavy atom. The lowest BCUT2D eigenvalue weighted by molar-refractivity contribution is -0.133. The topological polar surface area (TPSA) is 104 Å². The summed E-state index contributed by atoms with van der Waals surface area (Å²) in [4.78, 5) is 27.5. The van der Waals surface area contributed by atoms with Crippen LogP contribution in [0.5, 0.6) is 0 Å². The van der Waals surface area contributed by atoms with Crippen molar-refractivity contribution < 1.29 is 9.59 Å². The van der Waals surface area contributed by atoms with Crippen LogP contribution in [0.3, 0.4) is 0 Å². The first-order valence-electron chi connectivity index (χ1n) is 11.9. The third-order valence-corrected chi connectivity index (χ3v) is 7.69. The van der Waals surface area contributed by atoms with E-state index in [0.29, 0.717) is 28.1 Å². The van der Waals surface area contributed by atoms with E-state index in [1.54, 1.807) is 12.1 Å². The minimum Gasteiger partial charge on any atom is -0.339 e. The van der Waals surface area contributed by atoms with Crippen LogP contribution in [0.15, 0.2) is 36.4 Å². The Labute approximate surface area is 213 Å². The number of hydrogen-bond donors (Lipinski definition) is 2. The normalized spacial score (nSPS) is 18.7. The Morgan fingerprint density at radius 1 is 1.03 bits per heavy atom. The lowest BCUT2D eigenvalue weighted by Gasteiger charge is -2.31. The second kappa shape index (κ2) is 10.3. The number of aromatic nitrogens is 4. The van der Waals surface area contributed by atoms with Crippen LogP contribution < -0.4 is 5.32 Å². The average molecular weight is 513 g/mol. The van der Waals surface area contributed by atoms with Crippen molar-refractivity contribution >= 4 is 41.0 Å². The monoisotopic (exact) mass is 512 g/mol. The van der Waals surface area contributed by atoms with Crippen LogP contribution in [0.1, 0.15) is 54.4 Å². The number of H-pyrrole nitrogens is 1. The third kappa shape index (κ3) is 5.18. The summed E-state index contributed by atoms with van der Waals surface area (Å²) >= 11 is 13.3. The van der Waals surface area contributed by atoms with Gasteiger partial charge in [-0.05, 0) is 77.1 Å². The number of nitrogens with zero attached hydrogens (tertiary/aromatic N) is 4. The third-order valence-electron chi connectivity index (χ3n) is 7.02. The Balaban J connectivity index is 1.27. The maximum absolute atomic E-state index is 13.1. The van der Waals surface area contributed by atoms with Gasteiger partial charge in [-0.3, -0.25) is 14.9 Å². The van der Waals surface area contributed by atoms with E-state index in [0.717, 1.165) is 42.5 Å². The molecule has 0 spiro atoms. The fraction of sp³-hybridized carbons (Fsp3) is 0.400. The molecule has 1 aliphatic heterocycles. The molecule has 0 bridgehead atoms. The molecule has 1 aromatic heterocycles. The number of carbonyl (C=O) groups is 2. The minimum absolute atomic E-state index is 0.0739. The van der Waals surface area contributed by atoms with Crippen molar-refractivity contribution in [3.63, 3.8) is 0 Å². The van der Waals surface area contributed by atoms with Crippen LogP contribution in [0.2, 0.25) is 10.0 Å². The van der Waals surface area contributed by atoms with E-state index in [4.69, 9.17) is 23.2 Å². The molecule has 2 N–H and O–H groups in total. The number of halogens is 2. The van der Waals surface area contributed by atoms with Crippen LogP contribution in [0, 0.1) is 5.92 Å². The Morgan fingerprint density at radius 2 is 1.74 bits per heavy atom. The van der Waals surface area contributed by atoms with Crippen LogP contribution in [-0.4, -0.2) is 49.9 Å². The largest absolute Gasteiger partial charge is 0.339 e. The SMILES string of the molecule is O=C(Nc1nnn[nH]1)c1ccc(-c2cc(Cl)c(CC3CCN(C4CCCCC4)C3=O)c(Cl)c2)cc1. The Kier molecular flexibility index (Phi) is 7.02. The quantitative estimate of drug-likeness (QED) is 0.475. The van der Waals surface area contributed by atoms with E-state index in [9.17, 15) is 9.59 Å². The van der Waals surface area contributed by atoms with Gasteiger partial charge in [-0.2, -0.15) is 0 Å². The molecule has 35 heavy (non-hydrogen) atoms. The molecule has 2 aromatic carbocycles. The number of carbonyl (C=O) groups excluding carboxylic acids is 2. The molecule has 2 heterocycles. The van der Waals surface area contributed by atoms with Crippen molar-refractivity contribution in [1.29, 1.82) is 0 Å². The molecule has 2 aliphatic rings. The van der Waals surface area contributed by atoms with E-state index in [1.807, 2.05) is 24.3 Å². The Hall–Kier alpha value is -2.97. The molecule has 1 unspecified atom stereocenters. The highest BCUT2D eigenvalue weighted by Crippen LogP contribution is 2.36. The molecule has 10 heteroatoms. The molecule has 5 rings (SSSR count). The van der Waals surface area contributed by atoms with Gasteiger partial charge in [-0.1, -0.05) is 59.7 Å². The van der Waals surface area contributed by atoms with E-state index in [1.165, 1.54) is 19.3 Å². The van der Waals surface area contributed by atoms with Gasteiger partial charge in [0.1, 0.15) is 0 Å². The number of benzene rings is 2. The Bertz CT molecular complexity index is 1190. The zero-order valence-corrected chi connectivity index (χ0v) is 20.6. The standard InChI is InChI=1S/C25H26Cl2N6O2/c26-21-13-18(15-6-8-16(9-7-15)23(34)28-25-29-31-32-30-25)14-22(27)20(21)12-17-10-11-33(24(17)35)19-4-2-1-3-5-19/h6-9,13-14,17,19H,1-5,10-12H2,(H2,28,29,30,31,32,34). The lowest BCUT2D eigenvalue weighted by Crippen LogP contribution is -2.39. The van der Waals surface area contributed by atoms with Crippen molar-refractivity contribution in [2.24, 2.45) is 5.92 Å². The van der Waals surface area contributed by atoms with Crippen molar-refractivity contribution in [2.45, 2.75) is 51.0 Å². The summed E-state index contributed by atoms with van der Waals surface area (Å²) in [6.45, 7) is 0.828. The first-order valence-corrected chi connectivity index (χ1v) is 12.7. The van der Waals surface area contributed by atoms with Crippen molar-refractivity contribution in [1.82, 2.24) is 25.5 Å². The summed E-state index contributed by atoms with van der Waals surface area (Å²) < 4.78 is 0. The maximum Gasteiger partial charge on any atom is 0.258 e. The second-order valence-corrected chi connectivity index (χ2v) is 10.0. The molecule has 2 fully saturated rings. The summed E-state index contributed by atoms with van der Waals surface area (Å²) in [6, 6.07) is 11.2. The number of rotatable bonds is 6. The van der Waals surface area contributed by atoms with Crippen LogP contribution in [0.4, 0.5) is 5.95 Å². The van der Waals surface area contributed by atoms with E-state index in [-0.39, 0.29) is 23.7 Å². The van der Waals surface area contributed by atoms with Gasteiger partial charge in [0, 0.05) is 34.1 Å². The van der Waals surface area contributed by atoms with Crippen LogP contribution in [-0.2, 0) is 11.2 Å². The van der Waals surface area contributed by atoms with Crippen molar-refractivity contribution in [3.05, 3.63) is 57.6 Å². The molecule has 2 amide bonds. The van der Waals surface area contributed by atoms with Crippen LogP contribution in [0.25, 0.3) is 11.1 Å². The maximum atomic E-state index is 13.1. The van der Waals surface area contributed by atoms with Gasteiger partial charge in [-0.15, -0.1) is 0 Å². The van der Waals surface area contributed by atoms with E-state index < -0.39 is 0 Å². The molecular formula is C25H26Cl2N6O2. The number of aromatic amines is 1. The van der Waals surface area contributed by atoms with Gasteiger partial charge >= 0.3 is 0 Å². The summed E-state index contributed by atoms with van der Waals surface area (Å²) in [5.74, 6) is 0.0130. The summed E-state index contributed by atoms with van der Waals surface area (Å²) in [7, 11) is 0. The molecule has 3 aromatic rings. The van der Waals surface area contributed by atoms with Gasteiger partial charge < -0.3 is 4.90 Å². The lowest BCUT2D eigenvalue weighted by atomic mass is 9.93. The first-order chi connectivity index (χ1) is 17.0. The van der Waals surface area contributed by atoms with Crippen molar-refractivity contribution in [2.75, 3.05) is 11.9 Å². The number of likely N-dealkylation sites (tertiary alicyclic amines) is 1. The zero-order valence-electron chi connectivity index (χ0n) is 19.1. The molecule has 1 aliphatic carbocycles. The smallest absolute Gasteiger partial charge is 0.258 e. The second-order valence-electron chi connectivity index (χ2n) is 9.21. The molecule has 182 valence electrons. The highest BCUT2D eigenvalue weighted by atomic mass is 35.5. The molecular weight excluding hydrogens is 487 g/mol. The highest BCUT2D eigenvalue weighted by molar-refractivity contribution is 6.36. The molecule has 1 saturated carbocycles. The summed E-state index contributed by atoms with van der Waals surface area (Å²) in [5.41, 5.74) is 2.99. The van der Waals surface area contributed by atoms with Gasteiger partial charge in [0.15, 0.2) is 0 Å².